The van der Waals surface area contributed by atoms with E-state index in [1.54, 1.807) is 0 Å². The van der Waals surface area contributed by atoms with Gasteiger partial charge in [-0.05, 0) is 38.1 Å². The van der Waals surface area contributed by atoms with Crippen LogP contribution in [0.15, 0.2) is 30.3 Å². The molecule has 0 fully saturated rings. The Morgan fingerprint density at radius 3 is 2.53 bits per heavy atom. The Balaban J connectivity index is 2.40. The molecule has 0 saturated carbocycles. The standard InChI is InChI=1S/C13H13ClN2O/c1-3-17-12-8-9(2)15-13(16-12)10-4-6-11(14)7-5-10/h4-8H,3H2,1-2H3. The maximum absolute atomic E-state index is 5.85. The summed E-state index contributed by atoms with van der Waals surface area (Å²) in [7, 11) is 0. The van der Waals surface area contributed by atoms with Crippen molar-refractivity contribution in [3.8, 4) is 17.3 Å². The van der Waals surface area contributed by atoms with Crippen molar-refractivity contribution < 1.29 is 4.74 Å². The number of nitrogens with zero attached hydrogens (tertiary/aromatic N) is 2. The zero-order valence-electron chi connectivity index (χ0n) is 9.77. The third-order valence-electron chi connectivity index (χ3n) is 2.23. The van der Waals surface area contributed by atoms with Gasteiger partial charge in [0.1, 0.15) is 0 Å². The molecule has 1 aromatic heterocycles. The number of rotatable bonds is 3. The smallest absolute Gasteiger partial charge is 0.217 e. The molecule has 3 nitrogen and oxygen atoms in total. The van der Waals surface area contributed by atoms with Gasteiger partial charge in [0, 0.05) is 22.3 Å². The molecule has 0 saturated heterocycles. The molecule has 0 N–H and O–H groups in total. The van der Waals surface area contributed by atoms with Gasteiger partial charge >= 0.3 is 0 Å². The molecule has 0 aliphatic rings. The Hall–Kier alpha value is -1.61. The molecule has 0 spiro atoms. The van der Waals surface area contributed by atoms with Crippen molar-refractivity contribution in [1.82, 2.24) is 9.97 Å². The lowest BCUT2D eigenvalue weighted by Crippen LogP contribution is -1.99. The van der Waals surface area contributed by atoms with Gasteiger partial charge in [0.2, 0.25) is 5.88 Å². The maximum Gasteiger partial charge on any atom is 0.217 e. The molecule has 4 heteroatoms. The fourth-order valence-corrected chi connectivity index (χ4v) is 1.62. The van der Waals surface area contributed by atoms with Gasteiger partial charge < -0.3 is 4.74 Å². The predicted octanol–water partition coefficient (Wildman–Crippen LogP) is 3.50. The second kappa shape index (κ2) is 5.15. The van der Waals surface area contributed by atoms with E-state index in [2.05, 4.69) is 9.97 Å². The Morgan fingerprint density at radius 2 is 1.88 bits per heavy atom. The number of ether oxygens (including phenoxy) is 1. The van der Waals surface area contributed by atoms with E-state index in [1.807, 2.05) is 44.2 Å². The number of hydrogen-bond acceptors (Lipinski definition) is 3. The van der Waals surface area contributed by atoms with Gasteiger partial charge in [-0.2, -0.15) is 4.98 Å². The Kier molecular flexibility index (Phi) is 3.59. The van der Waals surface area contributed by atoms with Gasteiger partial charge in [0.25, 0.3) is 0 Å². The zero-order chi connectivity index (χ0) is 12.3. The van der Waals surface area contributed by atoms with Gasteiger partial charge in [0.15, 0.2) is 5.82 Å². The van der Waals surface area contributed by atoms with Crippen LogP contribution in [0.1, 0.15) is 12.6 Å². The van der Waals surface area contributed by atoms with Gasteiger partial charge in [-0.15, -0.1) is 0 Å². The van der Waals surface area contributed by atoms with Crippen molar-refractivity contribution >= 4 is 11.6 Å². The molecule has 0 radical (unpaired) electrons. The van der Waals surface area contributed by atoms with Crippen molar-refractivity contribution in [3.05, 3.63) is 41.0 Å². The van der Waals surface area contributed by atoms with Crippen LogP contribution in [0.2, 0.25) is 5.02 Å². The second-order valence-corrected chi connectivity index (χ2v) is 4.05. The highest BCUT2D eigenvalue weighted by atomic mass is 35.5. The van der Waals surface area contributed by atoms with E-state index in [0.717, 1.165) is 11.3 Å². The first-order chi connectivity index (χ1) is 8.19. The largest absolute Gasteiger partial charge is 0.478 e. The summed E-state index contributed by atoms with van der Waals surface area (Å²) in [6.07, 6.45) is 0. The van der Waals surface area contributed by atoms with Gasteiger partial charge in [0.05, 0.1) is 6.61 Å². The van der Waals surface area contributed by atoms with E-state index in [1.165, 1.54) is 0 Å². The summed E-state index contributed by atoms with van der Waals surface area (Å²) in [6, 6.07) is 9.26. The Bertz CT molecular complexity index is 511. The fraction of sp³-hybridized carbons (Fsp3) is 0.231. The fourth-order valence-electron chi connectivity index (χ4n) is 1.49. The van der Waals surface area contributed by atoms with Crippen LogP contribution in [0.25, 0.3) is 11.4 Å². The van der Waals surface area contributed by atoms with Crippen LogP contribution in [0, 0.1) is 6.92 Å². The summed E-state index contributed by atoms with van der Waals surface area (Å²) in [4.78, 5) is 8.73. The van der Waals surface area contributed by atoms with E-state index in [0.29, 0.717) is 23.3 Å². The predicted molar refractivity (Wildman–Crippen MR) is 68.4 cm³/mol. The summed E-state index contributed by atoms with van der Waals surface area (Å²) < 4.78 is 5.40. The van der Waals surface area contributed by atoms with Crippen LogP contribution < -0.4 is 4.74 Å². The SMILES string of the molecule is CCOc1cc(C)nc(-c2ccc(Cl)cc2)n1. The minimum Gasteiger partial charge on any atom is -0.478 e. The third kappa shape index (κ3) is 2.94. The molecule has 2 rings (SSSR count). The van der Waals surface area contributed by atoms with E-state index in [9.17, 15) is 0 Å². The minimum atomic E-state index is 0.594. The highest BCUT2D eigenvalue weighted by Crippen LogP contribution is 2.20. The molecule has 0 amide bonds. The summed E-state index contributed by atoms with van der Waals surface area (Å²) in [5.74, 6) is 1.26. The van der Waals surface area contributed by atoms with Crippen molar-refractivity contribution in [2.75, 3.05) is 6.61 Å². The quantitative estimate of drug-likeness (QED) is 0.834. The Morgan fingerprint density at radius 1 is 1.18 bits per heavy atom. The molecule has 0 atom stereocenters. The molecule has 88 valence electrons. The van der Waals surface area contributed by atoms with E-state index >= 15 is 0 Å². The number of aryl methyl sites for hydroxylation is 1. The van der Waals surface area contributed by atoms with Gasteiger partial charge in [-0.1, -0.05) is 11.6 Å². The summed E-state index contributed by atoms with van der Waals surface area (Å²) >= 11 is 5.85. The monoisotopic (exact) mass is 248 g/mol. The van der Waals surface area contributed by atoms with Crippen LogP contribution in [0.3, 0.4) is 0 Å². The number of halogens is 1. The average Bonchev–Trinajstić information content (AvgIpc) is 2.29. The van der Waals surface area contributed by atoms with Crippen molar-refractivity contribution in [2.45, 2.75) is 13.8 Å². The molecular formula is C13H13ClN2O. The van der Waals surface area contributed by atoms with E-state index < -0.39 is 0 Å². The van der Waals surface area contributed by atoms with Crippen molar-refractivity contribution in [1.29, 1.82) is 0 Å². The third-order valence-corrected chi connectivity index (χ3v) is 2.48. The molecule has 2 aromatic rings. The second-order valence-electron chi connectivity index (χ2n) is 3.61. The van der Waals surface area contributed by atoms with E-state index in [-0.39, 0.29) is 0 Å². The topological polar surface area (TPSA) is 35.0 Å². The molecule has 0 aliphatic carbocycles. The van der Waals surface area contributed by atoms with Crippen molar-refractivity contribution in [3.63, 3.8) is 0 Å². The van der Waals surface area contributed by atoms with Crippen LogP contribution in [0.4, 0.5) is 0 Å². The summed E-state index contributed by atoms with van der Waals surface area (Å²) in [6.45, 7) is 4.44. The van der Waals surface area contributed by atoms with Crippen LogP contribution in [0.5, 0.6) is 5.88 Å². The van der Waals surface area contributed by atoms with Crippen LogP contribution in [-0.4, -0.2) is 16.6 Å². The lowest BCUT2D eigenvalue weighted by molar-refractivity contribution is 0.326. The maximum atomic E-state index is 5.85. The highest BCUT2D eigenvalue weighted by molar-refractivity contribution is 6.30. The van der Waals surface area contributed by atoms with Crippen LogP contribution >= 0.6 is 11.6 Å². The lowest BCUT2D eigenvalue weighted by atomic mass is 10.2. The lowest BCUT2D eigenvalue weighted by Gasteiger charge is -2.06. The Labute approximate surface area is 105 Å². The number of benzene rings is 1. The normalized spacial score (nSPS) is 10.3. The molecule has 1 heterocycles. The van der Waals surface area contributed by atoms with Crippen molar-refractivity contribution in [2.24, 2.45) is 0 Å². The first kappa shape index (κ1) is 11.9. The summed E-state index contributed by atoms with van der Waals surface area (Å²) in [5, 5.41) is 0.700. The first-order valence-corrected chi connectivity index (χ1v) is 5.81. The zero-order valence-corrected chi connectivity index (χ0v) is 10.5. The molecular weight excluding hydrogens is 236 g/mol. The molecule has 1 aromatic carbocycles. The minimum absolute atomic E-state index is 0.594. The highest BCUT2D eigenvalue weighted by Gasteiger charge is 2.05. The first-order valence-electron chi connectivity index (χ1n) is 5.43. The summed E-state index contributed by atoms with van der Waals surface area (Å²) in [5.41, 5.74) is 1.81. The number of aromatic nitrogens is 2. The number of hydrogen-bond donors (Lipinski definition) is 0. The van der Waals surface area contributed by atoms with E-state index in [4.69, 9.17) is 16.3 Å². The molecule has 0 bridgehead atoms. The molecule has 17 heavy (non-hydrogen) atoms. The molecule has 0 unspecified atom stereocenters. The average molecular weight is 249 g/mol. The van der Waals surface area contributed by atoms with Gasteiger partial charge in [-0.25, -0.2) is 4.98 Å². The molecule has 0 aliphatic heterocycles. The van der Waals surface area contributed by atoms with Crippen LogP contribution in [-0.2, 0) is 0 Å². The van der Waals surface area contributed by atoms with Gasteiger partial charge in [-0.3, -0.25) is 0 Å².